The lowest BCUT2D eigenvalue weighted by Crippen LogP contribution is -2.34. The molecule has 5 nitrogen and oxygen atoms in total. The number of amides is 1. The van der Waals surface area contributed by atoms with Crippen LogP contribution in [0, 0.1) is 0 Å². The number of nitrogens with zero attached hydrogens (tertiary/aromatic N) is 1. The number of rotatable bonds is 7. The molecule has 0 aliphatic carbocycles. The van der Waals surface area contributed by atoms with Crippen LogP contribution in [0.4, 0.5) is 0 Å². The molecule has 0 aromatic heterocycles. The van der Waals surface area contributed by atoms with Gasteiger partial charge in [-0.15, -0.1) is 0 Å². The quantitative estimate of drug-likeness (QED) is 0.678. The highest BCUT2D eigenvalue weighted by molar-refractivity contribution is 5.92. The number of methoxy groups -OCH3 is 1. The average Bonchev–Trinajstić information content (AvgIpc) is 2.73. The molecule has 0 fully saturated rings. The summed E-state index contributed by atoms with van der Waals surface area (Å²) in [6.07, 6.45) is 4.30. The summed E-state index contributed by atoms with van der Waals surface area (Å²) in [4.78, 5) is 14.5. The molecule has 1 heterocycles. The third-order valence-electron chi connectivity index (χ3n) is 4.72. The Bertz CT molecular complexity index is 860. The van der Waals surface area contributed by atoms with E-state index in [1.165, 1.54) is 5.56 Å². The third-order valence-corrected chi connectivity index (χ3v) is 4.72. The van der Waals surface area contributed by atoms with Crippen LogP contribution in [0.5, 0.6) is 17.2 Å². The minimum Gasteiger partial charge on any atom is -0.497 e. The first-order chi connectivity index (χ1) is 13.6. The van der Waals surface area contributed by atoms with Gasteiger partial charge in [-0.3, -0.25) is 4.79 Å². The van der Waals surface area contributed by atoms with Crippen molar-refractivity contribution >= 4 is 12.0 Å². The Labute approximate surface area is 166 Å². The molecular formula is C23H27NO4. The van der Waals surface area contributed by atoms with Gasteiger partial charge in [0.05, 0.1) is 20.3 Å². The lowest BCUT2D eigenvalue weighted by molar-refractivity contribution is -0.126. The summed E-state index contributed by atoms with van der Waals surface area (Å²) in [6, 6.07) is 11.8. The molecule has 0 unspecified atom stereocenters. The molecule has 2 aromatic rings. The lowest BCUT2D eigenvalue weighted by Gasteiger charge is -2.28. The van der Waals surface area contributed by atoms with Crippen LogP contribution in [0.15, 0.2) is 42.5 Å². The van der Waals surface area contributed by atoms with Gasteiger partial charge in [0, 0.05) is 19.2 Å². The van der Waals surface area contributed by atoms with Gasteiger partial charge < -0.3 is 19.1 Å². The molecule has 1 aliphatic rings. The van der Waals surface area contributed by atoms with Crippen molar-refractivity contribution in [2.75, 3.05) is 26.9 Å². The van der Waals surface area contributed by atoms with E-state index in [0.29, 0.717) is 25.5 Å². The van der Waals surface area contributed by atoms with Gasteiger partial charge in [0.15, 0.2) is 11.5 Å². The first-order valence-electron chi connectivity index (χ1n) is 9.67. The number of hydrogen-bond acceptors (Lipinski definition) is 4. The van der Waals surface area contributed by atoms with Crippen molar-refractivity contribution in [2.24, 2.45) is 0 Å². The minimum atomic E-state index is 0.000291. The molecule has 5 heteroatoms. The predicted molar refractivity (Wildman–Crippen MR) is 110 cm³/mol. The van der Waals surface area contributed by atoms with Gasteiger partial charge in [0.25, 0.3) is 0 Å². The van der Waals surface area contributed by atoms with Crippen molar-refractivity contribution in [3.8, 4) is 17.2 Å². The predicted octanol–water partition coefficient (Wildman–Crippen LogP) is 4.09. The number of hydrogen-bond donors (Lipinski definition) is 0. The highest BCUT2D eigenvalue weighted by Gasteiger charge is 2.19. The minimum absolute atomic E-state index is 0.000291. The molecule has 1 amide bonds. The molecule has 0 spiro atoms. The SMILES string of the molecule is CCOc1ccc(/C=C/C(=O)N2CCc3ccc(OC)cc3C2)cc1OCC. The van der Waals surface area contributed by atoms with Crippen LogP contribution >= 0.6 is 0 Å². The van der Waals surface area contributed by atoms with Gasteiger partial charge in [0.1, 0.15) is 5.75 Å². The summed E-state index contributed by atoms with van der Waals surface area (Å²) < 4.78 is 16.5. The Morgan fingerprint density at radius 1 is 1.04 bits per heavy atom. The van der Waals surface area contributed by atoms with E-state index in [9.17, 15) is 4.79 Å². The Balaban J connectivity index is 1.70. The molecular weight excluding hydrogens is 354 g/mol. The van der Waals surface area contributed by atoms with Crippen molar-refractivity contribution in [1.82, 2.24) is 4.90 Å². The van der Waals surface area contributed by atoms with Gasteiger partial charge in [-0.05, 0) is 67.3 Å². The maximum Gasteiger partial charge on any atom is 0.246 e. The largest absolute Gasteiger partial charge is 0.497 e. The van der Waals surface area contributed by atoms with Crippen molar-refractivity contribution < 1.29 is 19.0 Å². The van der Waals surface area contributed by atoms with Gasteiger partial charge in [0.2, 0.25) is 5.91 Å². The van der Waals surface area contributed by atoms with E-state index in [-0.39, 0.29) is 5.91 Å². The van der Waals surface area contributed by atoms with Gasteiger partial charge >= 0.3 is 0 Å². The van der Waals surface area contributed by atoms with E-state index in [0.717, 1.165) is 35.6 Å². The zero-order chi connectivity index (χ0) is 19.9. The third kappa shape index (κ3) is 4.66. The molecule has 0 N–H and O–H groups in total. The summed E-state index contributed by atoms with van der Waals surface area (Å²) >= 11 is 0. The molecule has 28 heavy (non-hydrogen) atoms. The molecule has 1 aliphatic heterocycles. The van der Waals surface area contributed by atoms with E-state index in [1.807, 2.05) is 55.2 Å². The van der Waals surface area contributed by atoms with Crippen molar-refractivity contribution in [3.63, 3.8) is 0 Å². The Kier molecular flexibility index (Phi) is 6.58. The molecule has 0 saturated heterocycles. The summed E-state index contributed by atoms with van der Waals surface area (Å²) in [7, 11) is 1.66. The monoisotopic (exact) mass is 381 g/mol. The highest BCUT2D eigenvalue weighted by Crippen LogP contribution is 2.29. The first kappa shape index (κ1) is 19.8. The van der Waals surface area contributed by atoms with Crippen LogP contribution in [-0.4, -0.2) is 37.7 Å². The zero-order valence-electron chi connectivity index (χ0n) is 16.7. The highest BCUT2D eigenvalue weighted by atomic mass is 16.5. The fourth-order valence-corrected chi connectivity index (χ4v) is 3.29. The second kappa shape index (κ2) is 9.31. The Hall–Kier alpha value is -2.95. The zero-order valence-corrected chi connectivity index (χ0v) is 16.7. The Morgan fingerprint density at radius 3 is 2.57 bits per heavy atom. The normalized spacial score (nSPS) is 13.3. The van der Waals surface area contributed by atoms with Crippen molar-refractivity contribution in [3.05, 3.63) is 59.2 Å². The van der Waals surface area contributed by atoms with Crippen LogP contribution in [0.1, 0.15) is 30.5 Å². The van der Waals surface area contributed by atoms with Crippen molar-refractivity contribution in [2.45, 2.75) is 26.8 Å². The number of ether oxygens (including phenoxy) is 3. The van der Waals surface area contributed by atoms with Crippen molar-refractivity contribution in [1.29, 1.82) is 0 Å². The van der Waals surface area contributed by atoms with Crippen LogP contribution in [0.3, 0.4) is 0 Å². The summed E-state index contributed by atoms with van der Waals surface area (Å²) in [6.45, 7) is 6.33. The average molecular weight is 381 g/mol. The fraction of sp³-hybridized carbons (Fsp3) is 0.348. The lowest BCUT2D eigenvalue weighted by atomic mass is 9.99. The summed E-state index contributed by atoms with van der Waals surface area (Å²) in [5, 5.41) is 0. The topological polar surface area (TPSA) is 48.0 Å². The number of carbonyl (C=O) groups excluding carboxylic acids is 1. The smallest absolute Gasteiger partial charge is 0.246 e. The number of benzene rings is 2. The molecule has 0 saturated carbocycles. The molecule has 2 aromatic carbocycles. The number of fused-ring (bicyclic) bond motifs is 1. The fourth-order valence-electron chi connectivity index (χ4n) is 3.29. The summed E-state index contributed by atoms with van der Waals surface area (Å²) in [5.74, 6) is 2.23. The van der Waals surface area contributed by atoms with Crippen LogP contribution in [0.2, 0.25) is 0 Å². The molecule has 148 valence electrons. The molecule has 0 bridgehead atoms. The first-order valence-corrected chi connectivity index (χ1v) is 9.67. The van der Waals surface area contributed by atoms with Gasteiger partial charge in [-0.25, -0.2) is 0 Å². The van der Waals surface area contributed by atoms with E-state index in [4.69, 9.17) is 14.2 Å². The second-order valence-corrected chi connectivity index (χ2v) is 6.55. The number of carbonyl (C=O) groups is 1. The van der Waals surface area contributed by atoms with Crippen LogP contribution < -0.4 is 14.2 Å². The van der Waals surface area contributed by atoms with E-state index in [1.54, 1.807) is 13.2 Å². The standard InChI is InChI=1S/C23H27NO4/c1-4-27-21-10-6-17(14-22(21)28-5-2)7-11-23(25)24-13-12-18-8-9-20(26-3)15-19(18)16-24/h6-11,14-15H,4-5,12-13,16H2,1-3H3/b11-7+. The van der Waals surface area contributed by atoms with E-state index < -0.39 is 0 Å². The molecule has 3 rings (SSSR count). The maximum absolute atomic E-state index is 12.7. The van der Waals surface area contributed by atoms with E-state index >= 15 is 0 Å². The summed E-state index contributed by atoms with van der Waals surface area (Å²) in [5.41, 5.74) is 3.33. The molecule has 0 atom stereocenters. The maximum atomic E-state index is 12.7. The molecule has 0 radical (unpaired) electrons. The Morgan fingerprint density at radius 2 is 1.82 bits per heavy atom. The van der Waals surface area contributed by atoms with Crippen LogP contribution in [-0.2, 0) is 17.8 Å². The van der Waals surface area contributed by atoms with Gasteiger partial charge in [-0.1, -0.05) is 12.1 Å². The van der Waals surface area contributed by atoms with Crippen LogP contribution in [0.25, 0.3) is 6.08 Å². The van der Waals surface area contributed by atoms with Gasteiger partial charge in [-0.2, -0.15) is 0 Å². The second-order valence-electron chi connectivity index (χ2n) is 6.55. The van der Waals surface area contributed by atoms with E-state index in [2.05, 4.69) is 6.07 Å².